The van der Waals surface area contributed by atoms with Crippen LogP contribution in [0.15, 0.2) is 54.6 Å². The molecule has 4 rings (SSSR count). The Balaban J connectivity index is 1.72. The molecule has 0 bridgehead atoms. The highest BCUT2D eigenvalue weighted by Gasteiger charge is 2.25. The fraction of sp³-hybridized carbons (Fsp3) is 0.333. The standard InChI is InChI=1S/C21H24N2OS/c1-2-24-18-9-7-16(8-10-18)21(23-13-11-22-12-14-23)20-15-17-5-3-4-6-19(17)25-20/h3-10,15,21-22H,2,11-14H2,1H3. The highest BCUT2D eigenvalue weighted by molar-refractivity contribution is 7.19. The second-order valence-corrected chi connectivity index (χ2v) is 7.49. The first kappa shape index (κ1) is 16.6. The van der Waals surface area contributed by atoms with Gasteiger partial charge in [0.15, 0.2) is 0 Å². The van der Waals surface area contributed by atoms with E-state index < -0.39 is 0 Å². The van der Waals surface area contributed by atoms with Crippen molar-refractivity contribution in [2.75, 3.05) is 32.8 Å². The molecule has 0 amide bonds. The van der Waals surface area contributed by atoms with E-state index >= 15 is 0 Å². The largest absolute Gasteiger partial charge is 0.494 e. The van der Waals surface area contributed by atoms with Crippen molar-refractivity contribution in [3.8, 4) is 5.75 Å². The maximum atomic E-state index is 5.62. The predicted octanol–water partition coefficient (Wildman–Crippen LogP) is 4.29. The van der Waals surface area contributed by atoms with Crippen LogP contribution >= 0.6 is 11.3 Å². The molecule has 1 fully saturated rings. The highest BCUT2D eigenvalue weighted by Crippen LogP contribution is 2.37. The number of hydrogen-bond donors (Lipinski definition) is 1. The van der Waals surface area contributed by atoms with Gasteiger partial charge in [-0.2, -0.15) is 0 Å². The molecule has 2 heterocycles. The number of rotatable bonds is 5. The van der Waals surface area contributed by atoms with Crippen molar-refractivity contribution in [2.24, 2.45) is 0 Å². The normalized spacial score (nSPS) is 16.8. The maximum Gasteiger partial charge on any atom is 0.119 e. The Kier molecular flexibility index (Phi) is 5.02. The van der Waals surface area contributed by atoms with Crippen LogP contribution in [0.3, 0.4) is 0 Å². The van der Waals surface area contributed by atoms with E-state index in [1.165, 1.54) is 20.5 Å². The van der Waals surface area contributed by atoms with Gasteiger partial charge in [0.25, 0.3) is 0 Å². The molecule has 1 aliphatic heterocycles. The summed E-state index contributed by atoms with van der Waals surface area (Å²) in [6.45, 7) is 6.99. The predicted molar refractivity (Wildman–Crippen MR) is 106 cm³/mol. The molecule has 0 aliphatic carbocycles. The van der Waals surface area contributed by atoms with Crippen LogP contribution in [0.25, 0.3) is 10.1 Å². The Morgan fingerprint density at radius 2 is 1.84 bits per heavy atom. The van der Waals surface area contributed by atoms with Gasteiger partial charge in [0.2, 0.25) is 0 Å². The molecule has 0 radical (unpaired) electrons. The first-order valence-corrected chi connectivity index (χ1v) is 9.83. The van der Waals surface area contributed by atoms with Gasteiger partial charge < -0.3 is 10.1 Å². The average Bonchev–Trinajstić information content (AvgIpc) is 3.08. The molecular formula is C21H24N2OS. The van der Waals surface area contributed by atoms with Gasteiger partial charge in [0.05, 0.1) is 12.6 Å². The van der Waals surface area contributed by atoms with Crippen molar-refractivity contribution in [2.45, 2.75) is 13.0 Å². The van der Waals surface area contributed by atoms with Gasteiger partial charge in [-0.25, -0.2) is 0 Å². The fourth-order valence-corrected chi connectivity index (χ4v) is 4.77. The van der Waals surface area contributed by atoms with Crippen molar-refractivity contribution < 1.29 is 4.74 Å². The first-order valence-electron chi connectivity index (χ1n) is 9.01. The molecule has 1 unspecified atom stereocenters. The van der Waals surface area contributed by atoms with Crippen LogP contribution in [0.1, 0.15) is 23.4 Å². The Morgan fingerprint density at radius 3 is 2.56 bits per heavy atom. The van der Waals surface area contributed by atoms with E-state index in [-0.39, 0.29) is 0 Å². The summed E-state index contributed by atoms with van der Waals surface area (Å²) < 4.78 is 6.98. The van der Waals surface area contributed by atoms with Gasteiger partial charge in [-0.05, 0) is 42.1 Å². The van der Waals surface area contributed by atoms with E-state index in [1.54, 1.807) is 0 Å². The molecule has 0 saturated carbocycles. The molecule has 3 nitrogen and oxygen atoms in total. The lowest BCUT2D eigenvalue weighted by atomic mass is 10.0. The summed E-state index contributed by atoms with van der Waals surface area (Å²) in [6.07, 6.45) is 0. The minimum Gasteiger partial charge on any atom is -0.494 e. The molecule has 25 heavy (non-hydrogen) atoms. The third-order valence-corrected chi connectivity index (χ3v) is 5.91. The second-order valence-electron chi connectivity index (χ2n) is 6.38. The summed E-state index contributed by atoms with van der Waals surface area (Å²) in [5.74, 6) is 0.946. The number of thiophene rings is 1. The first-order chi connectivity index (χ1) is 12.3. The zero-order valence-corrected chi connectivity index (χ0v) is 15.4. The Morgan fingerprint density at radius 1 is 1.08 bits per heavy atom. The van der Waals surface area contributed by atoms with Crippen molar-refractivity contribution in [1.29, 1.82) is 0 Å². The van der Waals surface area contributed by atoms with Crippen LogP contribution in [0.2, 0.25) is 0 Å². The molecule has 0 spiro atoms. The molecule has 2 aromatic carbocycles. The molecular weight excluding hydrogens is 328 g/mol. The van der Waals surface area contributed by atoms with Crippen LogP contribution in [0.4, 0.5) is 0 Å². The number of nitrogens with one attached hydrogen (secondary N) is 1. The summed E-state index contributed by atoms with van der Waals surface area (Å²) in [7, 11) is 0. The number of ether oxygens (including phenoxy) is 1. The zero-order valence-electron chi connectivity index (χ0n) is 14.6. The van der Waals surface area contributed by atoms with Crippen molar-refractivity contribution >= 4 is 21.4 Å². The summed E-state index contributed by atoms with van der Waals surface area (Å²) in [5.41, 5.74) is 1.34. The van der Waals surface area contributed by atoms with Gasteiger partial charge in [0, 0.05) is 35.8 Å². The number of fused-ring (bicyclic) bond motifs is 1. The lowest BCUT2D eigenvalue weighted by Gasteiger charge is -2.34. The van der Waals surface area contributed by atoms with E-state index in [0.29, 0.717) is 12.6 Å². The van der Waals surface area contributed by atoms with E-state index in [9.17, 15) is 0 Å². The molecule has 4 heteroatoms. The minimum atomic E-state index is 0.315. The van der Waals surface area contributed by atoms with Crippen LogP contribution in [0, 0.1) is 0 Å². The number of benzene rings is 2. The van der Waals surface area contributed by atoms with Crippen molar-refractivity contribution in [3.05, 3.63) is 65.0 Å². The van der Waals surface area contributed by atoms with E-state index in [4.69, 9.17) is 4.74 Å². The Hall–Kier alpha value is -1.88. The SMILES string of the molecule is CCOc1ccc(C(c2cc3ccccc3s2)N2CCNCC2)cc1. The smallest absolute Gasteiger partial charge is 0.119 e. The lowest BCUT2D eigenvalue weighted by Crippen LogP contribution is -2.45. The van der Waals surface area contributed by atoms with Crippen molar-refractivity contribution in [3.63, 3.8) is 0 Å². The van der Waals surface area contributed by atoms with Crippen LogP contribution in [-0.4, -0.2) is 37.7 Å². The third-order valence-electron chi connectivity index (χ3n) is 4.74. The number of hydrogen-bond acceptors (Lipinski definition) is 4. The molecule has 1 aromatic heterocycles. The molecule has 1 saturated heterocycles. The average molecular weight is 353 g/mol. The molecule has 1 N–H and O–H groups in total. The van der Waals surface area contributed by atoms with Gasteiger partial charge in [-0.1, -0.05) is 30.3 Å². The monoisotopic (exact) mass is 352 g/mol. The van der Waals surface area contributed by atoms with Crippen LogP contribution in [0.5, 0.6) is 5.75 Å². The zero-order chi connectivity index (χ0) is 17.1. The summed E-state index contributed by atoms with van der Waals surface area (Å²) >= 11 is 1.91. The van der Waals surface area contributed by atoms with Gasteiger partial charge >= 0.3 is 0 Å². The lowest BCUT2D eigenvalue weighted by molar-refractivity contribution is 0.200. The van der Waals surface area contributed by atoms with Gasteiger partial charge in [-0.3, -0.25) is 4.90 Å². The molecule has 1 aliphatic rings. The number of nitrogens with zero attached hydrogens (tertiary/aromatic N) is 1. The Bertz CT molecular complexity index is 788. The summed E-state index contributed by atoms with van der Waals surface area (Å²) in [4.78, 5) is 4.02. The number of piperazine rings is 1. The van der Waals surface area contributed by atoms with Crippen LogP contribution in [-0.2, 0) is 0 Å². The fourth-order valence-electron chi connectivity index (χ4n) is 3.55. The summed E-state index contributed by atoms with van der Waals surface area (Å²) in [6, 6.07) is 20.0. The van der Waals surface area contributed by atoms with Crippen LogP contribution < -0.4 is 10.1 Å². The topological polar surface area (TPSA) is 24.5 Å². The molecule has 1 atom stereocenters. The van der Waals surface area contributed by atoms with Gasteiger partial charge in [0.1, 0.15) is 5.75 Å². The van der Waals surface area contributed by atoms with E-state index in [0.717, 1.165) is 31.9 Å². The van der Waals surface area contributed by atoms with E-state index in [2.05, 4.69) is 64.8 Å². The van der Waals surface area contributed by atoms with E-state index in [1.807, 2.05) is 18.3 Å². The maximum absolute atomic E-state index is 5.62. The molecule has 3 aromatic rings. The van der Waals surface area contributed by atoms with Gasteiger partial charge in [-0.15, -0.1) is 11.3 Å². The molecule has 130 valence electrons. The van der Waals surface area contributed by atoms with Crippen molar-refractivity contribution in [1.82, 2.24) is 10.2 Å². The summed E-state index contributed by atoms with van der Waals surface area (Å²) in [5, 5.41) is 4.81. The minimum absolute atomic E-state index is 0.315. The quantitative estimate of drug-likeness (QED) is 0.741. The highest BCUT2D eigenvalue weighted by atomic mass is 32.1. The third kappa shape index (κ3) is 3.56. The second kappa shape index (κ2) is 7.56. The Labute approximate surface area is 153 Å².